The second kappa shape index (κ2) is 9.08. The highest BCUT2D eigenvalue weighted by molar-refractivity contribution is 5.42. The first-order valence-electron chi connectivity index (χ1n) is 8.18. The third-order valence-corrected chi connectivity index (χ3v) is 3.55. The minimum Gasteiger partial charge on any atom is -0.497 e. The number of nitrogens with one attached hydrogen (secondary N) is 2. The summed E-state index contributed by atoms with van der Waals surface area (Å²) >= 11 is 0. The fraction of sp³-hybridized carbons (Fsp3) is 0.444. The molecule has 0 spiro atoms. The van der Waals surface area contributed by atoms with E-state index in [1.807, 2.05) is 39.2 Å². The third-order valence-electron chi connectivity index (χ3n) is 3.55. The normalized spacial score (nSPS) is 10.7. The summed E-state index contributed by atoms with van der Waals surface area (Å²) in [7, 11) is 5.78. The van der Waals surface area contributed by atoms with Crippen molar-refractivity contribution < 1.29 is 4.74 Å². The Morgan fingerprint density at radius 3 is 2.67 bits per heavy atom. The van der Waals surface area contributed by atoms with Gasteiger partial charge in [0.2, 0.25) is 5.95 Å². The first-order valence-corrected chi connectivity index (χ1v) is 8.18. The van der Waals surface area contributed by atoms with E-state index in [2.05, 4.69) is 37.6 Å². The molecule has 0 atom stereocenters. The second-order valence-electron chi connectivity index (χ2n) is 5.98. The molecular formula is C18H27N5O. The van der Waals surface area contributed by atoms with E-state index in [0.29, 0.717) is 5.95 Å². The largest absolute Gasteiger partial charge is 0.497 e. The maximum absolute atomic E-state index is 5.25. The van der Waals surface area contributed by atoms with Crippen LogP contribution < -0.4 is 15.4 Å². The molecule has 130 valence electrons. The fourth-order valence-electron chi connectivity index (χ4n) is 2.29. The van der Waals surface area contributed by atoms with Crippen LogP contribution in [0, 0.1) is 6.92 Å². The van der Waals surface area contributed by atoms with Crippen molar-refractivity contribution in [3.63, 3.8) is 0 Å². The van der Waals surface area contributed by atoms with E-state index in [1.54, 1.807) is 7.11 Å². The Balaban J connectivity index is 1.88. The Morgan fingerprint density at radius 1 is 1.08 bits per heavy atom. The van der Waals surface area contributed by atoms with E-state index in [9.17, 15) is 0 Å². The number of rotatable bonds is 9. The van der Waals surface area contributed by atoms with Crippen LogP contribution in [0.4, 0.5) is 11.8 Å². The Hall–Kier alpha value is -2.34. The summed E-state index contributed by atoms with van der Waals surface area (Å²) in [5.74, 6) is 2.40. The number of nitrogens with zero attached hydrogens (tertiary/aromatic N) is 3. The van der Waals surface area contributed by atoms with Crippen LogP contribution in [0.15, 0.2) is 30.3 Å². The highest BCUT2D eigenvalue weighted by Gasteiger charge is 2.03. The highest BCUT2D eigenvalue weighted by atomic mass is 16.5. The maximum Gasteiger partial charge on any atom is 0.224 e. The van der Waals surface area contributed by atoms with Gasteiger partial charge in [-0.25, -0.2) is 4.98 Å². The molecule has 0 aliphatic rings. The minimum absolute atomic E-state index is 0.667. The molecule has 1 aromatic heterocycles. The van der Waals surface area contributed by atoms with Gasteiger partial charge in [0, 0.05) is 31.4 Å². The molecular weight excluding hydrogens is 302 g/mol. The molecule has 0 saturated carbocycles. The molecule has 2 rings (SSSR count). The van der Waals surface area contributed by atoms with E-state index in [4.69, 9.17) is 4.74 Å². The van der Waals surface area contributed by atoms with Crippen LogP contribution in [0.25, 0.3) is 0 Å². The predicted octanol–water partition coefficient (Wildman–Crippen LogP) is 2.42. The van der Waals surface area contributed by atoms with Crippen LogP contribution in [0.3, 0.4) is 0 Å². The minimum atomic E-state index is 0.667. The standard InChI is InChI=1S/C18H27N5O/c1-14-12-17(22-18(21-14)20-10-11-23(2)3)19-9-8-15-6-5-7-16(13-15)24-4/h5-7,12-13H,8-11H2,1-4H3,(H2,19,20,21,22). The topological polar surface area (TPSA) is 62.3 Å². The van der Waals surface area contributed by atoms with Gasteiger partial charge in [-0.15, -0.1) is 0 Å². The Kier molecular flexibility index (Phi) is 6.81. The average Bonchev–Trinajstić information content (AvgIpc) is 2.54. The SMILES string of the molecule is COc1cccc(CCNc2cc(C)nc(NCCN(C)C)n2)c1. The number of hydrogen-bond donors (Lipinski definition) is 2. The molecule has 0 radical (unpaired) electrons. The number of aryl methyl sites for hydroxylation is 1. The van der Waals surface area contributed by atoms with Crippen molar-refractivity contribution in [2.24, 2.45) is 0 Å². The number of aromatic nitrogens is 2. The van der Waals surface area contributed by atoms with Gasteiger partial charge in [-0.1, -0.05) is 12.1 Å². The molecule has 0 aliphatic carbocycles. The molecule has 0 amide bonds. The van der Waals surface area contributed by atoms with Gasteiger partial charge < -0.3 is 20.3 Å². The Morgan fingerprint density at radius 2 is 1.92 bits per heavy atom. The van der Waals surface area contributed by atoms with E-state index < -0.39 is 0 Å². The summed E-state index contributed by atoms with van der Waals surface area (Å²) in [5, 5.41) is 6.63. The summed E-state index contributed by atoms with van der Waals surface area (Å²) in [5.41, 5.74) is 2.18. The molecule has 24 heavy (non-hydrogen) atoms. The lowest BCUT2D eigenvalue weighted by Crippen LogP contribution is -2.21. The summed E-state index contributed by atoms with van der Waals surface area (Å²) in [6.07, 6.45) is 0.906. The van der Waals surface area contributed by atoms with Gasteiger partial charge >= 0.3 is 0 Å². The van der Waals surface area contributed by atoms with E-state index in [-0.39, 0.29) is 0 Å². The number of hydrogen-bond acceptors (Lipinski definition) is 6. The molecule has 6 heteroatoms. The second-order valence-corrected chi connectivity index (χ2v) is 5.98. The molecule has 2 N–H and O–H groups in total. The zero-order valence-electron chi connectivity index (χ0n) is 15.0. The van der Waals surface area contributed by atoms with Gasteiger partial charge in [0.1, 0.15) is 11.6 Å². The monoisotopic (exact) mass is 329 g/mol. The maximum atomic E-state index is 5.25. The lowest BCUT2D eigenvalue weighted by Gasteiger charge is -2.12. The first-order chi connectivity index (χ1) is 11.6. The van der Waals surface area contributed by atoms with Gasteiger partial charge in [0.05, 0.1) is 7.11 Å². The van der Waals surface area contributed by atoms with Crippen molar-refractivity contribution in [3.8, 4) is 5.75 Å². The number of likely N-dealkylation sites (N-methyl/N-ethyl adjacent to an activating group) is 1. The molecule has 2 aromatic rings. The van der Waals surface area contributed by atoms with Gasteiger partial charge in [-0.05, 0) is 45.1 Å². The summed E-state index contributed by atoms with van der Waals surface area (Å²) in [6.45, 7) is 4.54. The predicted molar refractivity (Wildman–Crippen MR) is 99.0 cm³/mol. The molecule has 0 bridgehead atoms. The zero-order valence-corrected chi connectivity index (χ0v) is 15.0. The van der Waals surface area contributed by atoms with E-state index in [0.717, 1.165) is 43.3 Å². The summed E-state index contributed by atoms with van der Waals surface area (Å²) in [6, 6.07) is 10.1. The molecule has 0 saturated heterocycles. The molecule has 0 unspecified atom stereocenters. The van der Waals surface area contributed by atoms with Crippen molar-refractivity contribution in [2.45, 2.75) is 13.3 Å². The van der Waals surface area contributed by atoms with Gasteiger partial charge in [0.15, 0.2) is 0 Å². The average molecular weight is 329 g/mol. The van der Waals surface area contributed by atoms with E-state index >= 15 is 0 Å². The lowest BCUT2D eigenvalue weighted by atomic mass is 10.1. The van der Waals surface area contributed by atoms with Gasteiger partial charge in [-0.2, -0.15) is 4.98 Å². The van der Waals surface area contributed by atoms with E-state index in [1.165, 1.54) is 5.56 Å². The summed E-state index contributed by atoms with van der Waals surface area (Å²) in [4.78, 5) is 11.1. The van der Waals surface area contributed by atoms with Crippen molar-refractivity contribution in [1.29, 1.82) is 0 Å². The molecule has 0 aliphatic heterocycles. The van der Waals surface area contributed by atoms with Crippen LogP contribution >= 0.6 is 0 Å². The van der Waals surface area contributed by atoms with Crippen LogP contribution in [0.2, 0.25) is 0 Å². The molecule has 6 nitrogen and oxygen atoms in total. The molecule has 1 heterocycles. The van der Waals surface area contributed by atoms with Crippen molar-refractivity contribution in [2.75, 3.05) is 51.5 Å². The van der Waals surface area contributed by atoms with Crippen LogP contribution in [-0.4, -0.2) is 55.7 Å². The van der Waals surface area contributed by atoms with Gasteiger partial charge in [0.25, 0.3) is 0 Å². The first kappa shape index (κ1) is 18.0. The number of methoxy groups -OCH3 is 1. The lowest BCUT2D eigenvalue weighted by molar-refractivity contribution is 0.414. The molecule has 0 fully saturated rings. The zero-order chi connectivity index (χ0) is 17.4. The van der Waals surface area contributed by atoms with Gasteiger partial charge in [-0.3, -0.25) is 0 Å². The highest BCUT2D eigenvalue weighted by Crippen LogP contribution is 2.14. The number of ether oxygens (including phenoxy) is 1. The van der Waals surface area contributed by atoms with Crippen molar-refractivity contribution >= 4 is 11.8 Å². The van der Waals surface area contributed by atoms with Crippen LogP contribution in [0.1, 0.15) is 11.3 Å². The fourth-order valence-corrected chi connectivity index (χ4v) is 2.29. The molecule has 1 aromatic carbocycles. The van der Waals surface area contributed by atoms with Crippen LogP contribution in [-0.2, 0) is 6.42 Å². The smallest absolute Gasteiger partial charge is 0.224 e. The summed E-state index contributed by atoms with van der Waals surface area (Å²) < 4.78 is 5.25. The Bertz CT molecular complexity index is 645. The number of anilines is 2. The van der Waals surface area contributed by atoms with Crippen molar-refractivity contribution in [1.82, 2.24) is 14.9 Å². The third kappa shape index (κ3) is 6.04. The number of benzene rings is 1. The van der Waals surface area contributed by atoms with Crippen molar-refractivity contribution in [3.05, 3.63) is 41.6 Å². The van der Waals surface area contributed by atoms with Crippen LogP contribution in [0.5, 0.6) is 5.75 Å². The Labute approximate surface area is 144 Å². The quantitative estimate of drug-likeness (QED) is 0.737.